The van der Waals surface area contributed by atoms with Crippen molar-refractivity contribution in [2.24, 2.45) is 5.10 Å². The van der Waals surface area contributed by atoms with Crippen molar-refractivity contribution in [1.82, 2.24) is 29.6 Å². The number of hydrogen-bond acceptors (Lipinski definition) is 8. The van der Waals surface area contributed by atoms with Crippen molar-refractivity contribution in [1.29, 1.82) is 0 Å². The number of nitrogens with two attached hydrogens (primary N) is 1. The number of rotatable bonds is 6. The zero-order chi connectivity index (χ0) is 27.8. The fourth-order valence-corrected chi connectivity index (χ4v) is 5.50. The van der Waals surface area contributed by atoms with Crippen LogP contribution in [0.5, 0.6) is 0 Å². The summed E-state index contributed by atoms with van der Waals surface area (Å²) >= 11 is 0. The van der Waals surface area contributed by atoms with E-state index in [1.54, 1.807) is 12.4 Å². The lowest BCUT2D eigenvalue weighted by atomic mass is 9.92. The molecular weight excluding hydrogens is 502 g/mol. The molecule has 2 aromatic carbocycles. The van der Waals surface area contributed by atoms with E-state index in [9.17, 15) is 4.79 Å². The molecule has 1 aliphatic heterocycles. The maximum absolute atomic E-state index is 13.6. The molecule has 0 saturated carbocycles. The van der Waals surface area contributed by atoms with Crippen LogP contribution in [0.1, 0.15) is 24.4 Å². The molecule has 0 radical (unpaired) electrons. The van der Waals surface area contributed by atoms with Gasteiger partial charge in [-0.15, -0.1) is 0 Å². The van der Waals surface area contributed by atoms with Gasteiger partial charge in [0.15, 0.2) is 0 Å². The first kappa shape index (κ1) is 25.4. The second-order valence-electron chi connectivity index (χ2n) is 10.3. The van der Waals surface area contributed by atoms with E-state index in [2.05, 4.69) is 45.4 Å². The molecule has 202 valence electrons. The molecule has 1 aliphatic rings. The third-order valence-electron chi connectivity index (χ3n) is 7.77. The van der Waals surface area contributed by atoms with Crippen LogP contribution in [-0.4, -0.2) is 56.5 Å². The number of hydrazone groups is 1. The molecule has 1 fully saturated rings. The van der Waals surface area contributed by atoms with Crippen LogP contribution in [0.3, 0.4) is 0 Å². The zero-order valence-corrected chi connectivity index (χ0v) is 22.6. The first-order valence-electron chi connectivity index (χ1n) is 13.3. The number of nitrogens with zero attached hydrogens (tertiary/aromatic N) is 6. The number of hydrogen-bond donors (Lipinski definition) is 3. The summed E-state index contributed by atoms with van der Waals surface area (Å²) in [6.07, 6.45) is 9.33. The van der Waals surface area contributed by atoms with Crippen LogP contribution < -0.4 is 16.7 Å². The number of fused-ring (bicyclic) bond motifs is 1. The summed E-state index contributed by atoms with van der Waals surface area (Å²) in [4.78, 5) is 27.9. The Labute approximate surface area is 231 Å². The number of likely N-dealkylation sites (tertiary alicyclic amines) is 1. The first-order chi connectivity index (χ1) is 19.4. The fraction of sp³-hybridized carbons (Fsp3) is 0.233. The maximum atomic E-state index is 13.6. The van der Waals surface area contributed by atoms with Crippen LogP contribution in [0.25, 0.3) is 44.5 Å². The molecule has 10 heteroatoms. The molecule has 0 aliphatic carbocycles. The van der Waals surface area contributed by atoms with Crippen molar-refractivity contribution < 1.29 is 0 Å². The smallest absolute Gasteiger partial charge is 0.261 e. The molecular formula is C30H31N9O. The van der Waals surface area contributed by atoms with E-state index in [1.165, 1.54) is 0 Å². The van der Waals surface area contributed by atoms with Crippen molar-refractivity contribution in [3.63, 3.8) is 0 Å². The van der Waals surface area contributed by atoms with Crippen LogP contribution in [-0.2, 0) is 0 Å². The number of aromatic nitrogens is 5. The third-order valence-corrected chi connectivity index (χ3v) is 7.77. The topological polar surface area (TPSA) is 130 Å². The van der Waals surface area contributed by atoms with Crippen LogP contribution in [0.15, 0.2) is 71.1 Å². The van der Waals surface area contributed by atoms with Gasteiger partial charge in [-0.05, 0) is 75.3 Å². The van der Waals surface area contributed by atoms with E-state index < -0.39 is 0 Å². The standard InChI is InChI=1S/C30H31N9O/c1-18-22(5-4-6-25(18)37-32-2)24-15-23(20-16-34-39(17-20)21-9-13-38(3)14-10-21)28-26(27(24)31)30(40)36-29(35-28)19-7-11-33-12-8-19/h4-8,11-12,15-17,21,37H,2,9-10,13-14,31H2,1,3H3,(H,35,36,40). The Morgan fingerprint density at radius 3 is 2.62 bits per heavy atom. The van der Waals surface area contributed by atoms with Crippen molar-refractivity contribution >= 4 is 29.0 Å². The minimum atomic E-state index is -0.306. The molecule has 1 saturated heterocycles. The largest absolute Gasteiger partial charge is 0.398 e. The molecule has 4 N–H and O–H groups in total. The Balaban J connectivity index is 1.59. The lowest BCUT2D eigenvalue weighted by molar-refractivity contribution is 0.212. The SMILES string of the molecule is C=NNc1cccc(-c2cc(-c3cnn(C4CCN(C)CC4)c3)c3nc(-c4ccncc4)[nH]c(=O)c3c2N)c1C. The van der Waals surface area contributed by atoms with Gasteiger partial charge in [-0.2, -0.15) is 10.2 Å². The predicted molar refractivity (Wildman–Crippen MR) is 160 cm³/mol. The van der Waals surface area contributed by atoms with E-state index >= 15 is 0 Å². The van der Waals surface area contributed by atoms with Gasteiger partial charge < -0.3 is 15.6 Å². The molecule has 3 aromatic heterocycles. The summed E-state index contributed by atoms with van der Waals surface area (Å²) in [6.45, 7) is 7.60. The molecule has 10 nitrogen and oxygen atoms in total. The minimum absolute atomic E-state index is 0.306. The number of piperidine rings is 1. The van der Waals surface area contributed by atoms with Crippen molar-refractivity contribution in [3.05, 3.63) is 77.1 Å². The summed E-state index contributed by atoms with van der Waals surface area (Å²) in [5, 5.41) is 8.92. The molecule has 0 atom stereocenters. The van der Waals surface area contributed by atoms with Crippen LogP contribution in [0, 0.1) is 6.92 Å². The number of anilines is 2. The summed E-state index contributed by atoms with van der Waals surface area (Å²) in [5.41, 5.74) is 16.1. The van der Waals surface area contributed by atoms with Crippen LogP contribution >= 0.6 is 0 Å². The molecule has 0 spiro atoms. The zero-order valence-electron chi connectivity index (χ0n) is 22.6. The van der Waals surface area contributed by atoms with Gasteiger partial charge in [-0.3, -0.25) is 19.9 Å². The number of nitrogens with one attached hydrogen (secondary N) is 2. The van der Waals surface area contributed by atoms with Crippen LogP contribution in [0.2, 0.25) is 0 Å². The lowest BCUT2D eigenvalue weighted by Gasteiger charge is -2.28. The summed E-state index contributed by atoms with van der Waals surface area (Å²) in [7, 11) is 2.15. The van der Waals surface area contributed by atoms with Gasteiger partial charge in [0, 0.05) is 47.6 Å². The number of aromatic amines is 1. The van der Waals surface area contributed by atoms with E-state index in [4.69, 9.17) is 15.8 Å². The molecule has 4 heterocycles. The highest BCUT2D eigenvalue weighted by Gasteiger charge is 2.23. The molecule has 6 rings (SSSR count). The van der Waals surface area contributed by atoms with Gasteiger partial charge in [0.1, 0.15) is 5.82 Å². The Morgan fingerprint density at radius 2 is 1.88 bits per heavy atom. The highest BCUT2D eigenvalue weighted by Crippen LogP contribution is 2.40. The fourth-order valence-electron chi connectivity index (χ4n) is 5.50. The van der Waals surface area contributed by atoms with Gasteiger partial charge in [0.25, 0.3) is 5.56 Å². The second kappa shape index (κ2) is 10.4. The molecule has 5 aromatic rings. The second-order valence-corrected chi connectivity index (χ2v) is 10.3. The number of pyridine rings is 1. The number of nitrogen functional groups attached to an aromatic ring is 1. The van der Waals surface area contributed by atoms with Crippen molar-refractivity contribution in [2.75, 3.05) is 31.3 Å². The van der Waals surface area contributed by atoms with Gasteiger partial charge >= 0.3 is 0 Å². The third kappa shape index (κ3) is 4.52. The number of H-pyrrole nitrogens is 1. The summed E-state index contributed by atoms with van der Waals surface area (Å²) < 4.78 is 2.05. The lowest BCUT2D eigenvalue weighted by Crippen LogP contribution is -2.31. The minimum Gasteiger partial charge on any atom is -0.398 e. The summed E-state index contributed by atoms with van der Waals surface area (Å²) in [5.74, 6) is 0.454. The van der Waals surface area contributed by atoms with E-state index in [1.807, 2.05) is 54.2 Å². The molecule has 0 unspecified atom stereocenters. The van der Waals surface area contributed by atoms with Crippen LogP contribution in [0.4, 0.5) is 11.4 Å². The highest BCUT2D eigenvalue weighted by atomic mass is 16.1. The van der Waals surface area contributed by atoms with E-state index in [0.29, 0.717) is 28.5 Å². The Bertz CT molecular complexity index is 1770. The van der Waals surface area contributed by atoms with Gasteiger partial charge in [0.05, 0.1) is 34.5 Å². The predicted octanol–water partition coefficient (Wildman–Crippen LogP) is 4.70. The number of benzene rings is 2. The average Bonchev–Trinajstić information content (AvgIpc) is 3.45. The normalized spacial score (nSPS) is 14.4. The Morgan fingerprint density at radius 1 is 1.10 bits per heavy atom. The maximum Gasteiger partial charge on any atom is 0.261 e. The summed E-state index contributed by atoms with van der Waals surface area (Å²) in [6, 6.07) is 11.8. The van der Waals surface area contributed by atoms with E-state index in [-0.39, 0.29) is 5.56 Å². The molecule has 0 amide bonds. The highest BCUT2D eigenvalue weighted by molar-refractivity contribution is 6.07. The monoisotopic (exact) mass is 533 g/mol. The first-order valence-corrected chi connectivity index (χ1v) is 13.3. The molecule has 0 bridgehead atoms. The van der Waals surface area contributed by atoms with Crippen molar-refractivity contribution in [3.8, 4) is 33.6 Å². The Hall–Kier alpha value is -4.83. The van der Waals surface area contributed by atoms with Gasteiger partial charge in [-0.25, -0.2) is 4.98 Å². The van der Waals surface area contributed by atoms with Gasteiger partial charge in [-0.1, -0.05) is 12.1 Å². The van der Waals surface area contributed by atoms with Gasteiger partial charge in [0.2, 0.25) is 0 Å². The average molecular weight is 534 g/mol. The van der Waals surface area contributed by atoms with Crippen molar-refractivity contribution in [2.45, 2.75) is 25.8 Å². The quantitative estimate of drug-likeness (QED) is 0.164. The van der Waals surface area contributed by atoms with E-state index in [0.717, 1.165) is 65.0 Å². The molecule has 40 heavy (non-hydrogen) atoms. The Kier molecular flexibility index (Phi) is 6.61.